The summed E-state index contributed by atoms with van der Waals surface area (Å²) < 4.78 is 5.28. The smallest absolute Gasteiger partial charge is 0.261 e. The molecule has 1 aromatic rings. The maximum absolute atomic E-state index is 12.1. The number of aromatic amines is 1. The number of H-pyrrole nitrogens is 1. The summed E-state index contributed by atoms with van der Waals surface area (Å²) >= 11 is 0. The van der Waals surface area contributed by atoms with Crippen molar-refractivity contribution >= 4 is 5.91 Å². The minimum absolute atomic E-state index is 0.234. The Morgan fingerprint density at radius 3 is 2.95 bits per heavy atom. The van der Waals surface area contributed by atoms with Crippen LogP contribution in [0, 0.1) is 0 Å². The molecule has 1 amide bonds. The van der Waals surface area contributed by atoms with Gasteiger partial charge in [0.25, 0.3) is 11.5 Å². The first-order chi connectivity index (χ1) is 10.2. The number of nitrogens with one attached hydrogen (secondary N) is 2. The molecule has 0 aromatic carbocycles. The van der Waals surface area contributed by atoms with Crippen LogP contribution in [0.2, 0.25) is 0 Å². The van der Waals surface area contributed by atoms with Gasteiger partial charge in [-0.25, -0.2) is 0 Å². The lowest BCUT2D eigenvalue weighted by Crippen LogP contribution is -2.42. The molecule has 0 unspecified atom stereocenters. The normalized spacial score (nSPS) is 18.5. The van der Waals surface area contributed by atoms with Crippen molar-refractivity contribution in [3.05, 3.63) is 33.2 Å². The van der Waals surface area contributed by atoms with Gasteiger partial charge in [0, 0.05) is 31.9 Å². The number of ether oxygens (including phenoxy) is 1. The second-order valence-electron chi connectivity index (χ2n) is 5.58. The monoisotopic (exact) mass is 291 g/mol. The second kappa shape index (κ2) is 6.41. The van der Waals surface area contributed by atoms with E-state index in [0.717, 1.165) is 63.4 Å². The minimum Gasteiger partial charge on any atom is -0.379 e. The number of morpholine rings is 1. The maximum atomic E-state index is 12.1. The molecule has 114 valence electrons. The molecular weight excluding hydrogens is 270 g/mol. The Kier molecular flexibility index (Phi) is 4.36. The van der Waals surface area contributed by atoms with Crippen LogP contribution in [0.3, 0.4) is 0 Å². The van der Waals surface area contributed by atoms with Crippen LogP contribution in [-0.2, 0) is 17.6 Å². The van der Waals surface area contributed by atoms with Crippen molar-refractivity contribution < 1.29 is 9.53 Å². The highest BCUT2D eigenvalue weighted by atomic mass is 16.5. The third kappa shape index (κ3) is 3.33. The highest BCUT2D eigenvalue weighted by Gasteiger charge is 2.18. The maximum Gasteiger partial charge on any atom is 0.261 e. The fraction of sp³-hybridized carbons (Fsp3) is 0.600. The van der Waals surface area contributed by atoms with Gasteiger partial charge in [-0.2, -0.15) is 0 Å². The Balaban J connectivity index is 1.57. The van der Waals surface area contributed by atoms with E-state index in [1.165, 1.54) is 0 Å². The van der Waals surface area contributed by atoms with E-state index in [1.807, 2.05) is 0 Å². The number of amides is 1. The van der Waals surface area contributed by atoms with E-state index >= 15 is 0 Å². The summed E-state index contributed by atoms with van der Waals surface area (Å²) in [6, 6.07) is 1.76. The lowest BCUT2D eigenvalue weighted by molar-refractivity contribution is 0.0383. The number of hydrogen-bond acceptors (Lipinski definition) is 4. The fourth-order valence-corrected chi connectivity index (χ4v) is 2.93. The summed E-state index contributed by atoms with van der Waals surface area (Å²) in [5.41, 5.74) is 2.05. The number of carbonyl (C=O) groups excluding carboxylic acids is 1. The van der Waals surface area contributed by atoms with Gasteiger partial charge in [0.15, 0.2) is 0 Å². The zero-order valence-corrected chi connectivity index (χ0v) is 12.1. The molecule has 1 saturated heterocycles. The molecule has 21 heavy (non-hydrogen) atoms. The summed E-state index contributed by atoms with van der Waals surface area (Å²) in [5, 5.41) is 2.84. The molecular formula is C15H21N3O3. The zero-order valence-electron chi connectivity index (χ0n) is 12.1. The van der Waals surface area contributed by atoms with Crippen molar-refractivity contribution in [1.29, 1.82) is 0 Å². The molecule has 2 heterocycles. The average Bonchev–Trinajstić information content (AvgIpc) is 2.94. The number of hydrogen-bond donors (Lipinski definition) is 2. The van der Waals surface area contributed by atoms with Crippen molar-refractivity contribution in [3.63, 3.8) is 0 Å². The lowest BCUT2D eigenvalue weighted by atomic mass is 10.1. The molecule has 3 rings (SSSR count). The first-order valence-electron chi connectivity index (χ1n) is 7.57. The Morgan fingerprint density at radius 2 is 2.14 bits per heavy atom. The van der Waals surface area contributed by atoms with E-state index in [1.54, 1.807) is 6.07 Å². The molecule has 0 saturated carbocycles. The first-order valence-corrected chi connectivity index (χ1v) is 7.57. The molecule has 1 aliphatic heterocycles. The highest BCUT2D eigenvalue weighted by molar-refractivity contribution is 5.94. The van der Waals surface area contributed by atoms with Crippen molar-refractivity contribution in [3.8, 4) is 0 Å². The van der Waals surface area contributed by atoms with Gasteiger partial charge in [-0.15, -0.1) is 0 Å². The number of nitrogens with zero attached hydrogens (tertiary/aromatic N) is 1. The van der Waals surface area contributed by atoms with E-state index in [9.17, 15) is 9.59 Å². The van der Waals surface area contributed by atoms with Crippen LogP contribution in [0.15, 0.2) is 10.9 Å². The largest absolute Gasteiger partial charge is 0.379 e. The van der Waals surface area contributed by atoms with Crippen LogP contribution in [-0.4, -0.2) is 55.2 Å². The predicted molar refractivity (Wildman–Crippen MR) is 78.7 cm³/mol. The van der Waals surface area contributed by atoms with Crippen molar-refractivity contribution in [2.45, 2.75) is 19.3 Å². The SMILES string of the molecule is O=C(NCCN1CCOCC1)c1cc2c([nH]c1=O)CCC2. The third-order valence-electron chi connectivity index (χ3n) is 4.15. The number of aryl methyl sites for hydroxylation is 2. The molecule has 1 aliphatic carbocycles. The lowest BCUT2D eigenvalue weighted by Gasteiger charge is -2.26. The Morgan fingerprint density at radius 1 is 1.33 bits per heavy atom. The summed E-state index contributed by atoms with van der Waals surface area (Å²) in [6.07, 6.45) is 2.90. The topological polar surface area (TPSA) is 74.4 Å². The van der Waals surface area contributed by atoms with Crippen LogP contribution in [0.25, 0.3) is 0 Å². The van der Waals surface area contributed by atoms with Crippen molar-refractivity contribution in [2.75, 3.05) is 39.4 Å². The van der Waals surface area contributed by atoms with Gasteiger partial charge >= 0.3 is 0 Å². The molecule has 0 atom stereocenters. The molecule has 0 bridgehead atoms. The first kappa shape index (κ1) is 14.3. The van der Waals surface area contributed by atoms with Crippen LogP contribution in [0.1, 0.15) is 28.0 Å². The molecule has 1 fully saturated rings. The summed E-state index contributed by atoms with van der Waals surface area (Å²) in [5.74, 6) is -0.279. The van der Waals surface area contributed by atoms with Gasteiger partial charge in [0.2, 0.25) is 0 Å². The van der Waals surface area contributed by atoms with E-state index in [-0.39, 0.29) is 17.0 Å². The molecule has 2 aliphatic rings. The number of rotatable bonds is 4. The molecule has 1 aromatic heterocycles. The van der Waals surface area contributed by atoms with Crippen molar-refractivity contribution in [1.82, 2.24) is 15.2 Å². The van der Waals surface area contributed by atoms with Crippen LogP contribution < -0.4 is 10.9 Å². The molecule has 6 heteroatoms. The van der Waals surface area contributed by atoms with Crippen LogP contribution in [0.5, 0.6) is 0 Å². The van der Waals surface area contributed by atoms with E-state index < -0.39 is 0 Å². The minimum atomic E-state index is -0.279. The van der Waals surface area contributed by atoms with Gasteiger partial charge in [-0.05, 0) is 30.9 Å². The van der Waals surface area contributed by atoms with E-state index in [2.05, 4.69) is 15.2 Å². The summed E-state index contributed by atoms with van der Waals surface area (Å²) in [6.45, 7) is 4.63. The van der Waals surface area contributed by atoms with Crippen LogP contribution >= 0.6 is 0 Å². The standard InChI is InChI=1S/C15H21N3O3/c19-14(16-4-5-18-6-8-21-9-7-18)12-10-11-2-1-3-13(11)17-15(12)20/h10H,1-9H2,(H,16,19)(H,17,20). The van der Waals surface area contributed by atoms with Gasteiger partial charge < -0.3 is 15.0 Å². The number of pyridine rings is 1. The summed E-state index contributed by atoms with van der Waals surface area (Å²) in [7, 11) is 0. The van der Waals surface area contributed by atoms with Crippen molar-refractivity contribution in [2.24, 2.45) is 0 Å². The molecule has 0 radical (unpaired) electrons. The van der Waals surface area contributed by atoms with Gasteiger partial charge in [-0.1, -0.05) is 0 Å². The summed E-state index contributed by atoms with van der Waals surface area (Å²) in [4.78, 5) is 29.2. The number of aromatic nitrogens is 1. The Labute approximate surface area is 123 Å². The molecule has 0 spiro atoms. The second-order valence-corrected chi connectivity index (χ2v) is 5.58. The molecule has 6 nitrogen and oxygen atoms in total. The zero-order chi connectivity index (χ0) is 14.7. The van der Waals surface area contributed by atoms with Gasteiger partial charge in [-0.3, -0.25) is 14.5 Å². The number of fused-ring (bicyclic) bond motifs is 1. The Hall–Kier alpha value is -1.66. The quantitative estimate of drug-likeness (QED) is 0.814. The van der Waals surface area contributed by atoms with E-state index in [0.29, 0.717) is 6.54 Å². The fourth-order valence-electron chi connectivity index (χ4n) is 2.93. The average molecular weight is 291 g/mol. The van der Waals surface area contributed by atoms with Gasteiger partial charge in [0.1, 0.15) is 5.56 Å². The third-order valence-corrected chi connectivity index (χ3v) is 4.15. The predicted octanol–water partition coefficient (Wildman–Crippen LogP) is -0.0744. The van der Waals surface area contributed by atoms with E-state index in [4.69, 9.17) is 4.74 Å². The highest BCUT2D eigenvalue weighted by Crippen LogP contribution is 2.18. The number of carbonyl (C=O) groups is 1. The van der Waals surface area contributed by atoms with Crippen LogP contribution in [0.4, 0.5) is 0 Å². The van der Waals surface area contributed by atoms with Gasteiger partial charge in [0.05, 0.1) is 13.2 Å². The molecule has 2 N–H and O–H groups in total. The Bertz CT molecular complexity index is 576.